The topological polar surface area (TPSA) is 48.4 Å². The molecular formula is C25H27NO3. The summed E-state index contributed by atoms with van der Waals surface area (Å²) < 4.78 is 11.2. The number of fused-ring (bicyclic) bond motifs is 1. The average Bonchev–Trinajstić information content (AvgIpc) is 2.78. The number of rotatable bonds is 6. The first-order chi connectivity index (χ1) is 14.2. The highest BCUT2D eigenvalue weighted by molar-refractivity contribution is 5.87. The quantitative estimate of drug-likeness (QED) is 0.506. The third-order valence-corrected chi connectivity index (χ3v) is 5.69. The summed E-state index contributed by atoms with van der Waals surface area (Å²) in [5.41, 5.74) is 3.31. The minimum Gasteiger partial charge on any atom is -0.490 e. The number of aryl methyl sites for hydroxylation is 1. The first kappa shape index (κ1) is 19.4. The third-order valence-electron chi connectivity index (χ3n) is 5.69. The maximum absolute atomic E-state index is 11.6. The van der Waals surface area contributed by atoms with E-state index < -0.39 is 0 Å². The zero-order valence-electron chi connectivity index (χ0n) is 16.9. The van der Waals surface area contributed by atoms with E-state index in [4.69, 9.17) is 9.47 Å². The fourth-order valence-electron chi connectivity index (χ4n) is 4.02. The Morgan fingerprint density at radius 2 is 1.90 bits per heavy atom. The van der Waals surface area contributed by atoms with E-state index in [9.17, 15) is 4.79 Å². The highest BCUT2D eigenvalue weighted by Crippen LogP contribution is 2.35. The van der Waals surface area contributed by atoms with Crippen molar-refractivity contribution in [2.24, 2.45) is 0 Å². The van der Waals surface area contributed by atoms with Gasteiger partial charge in [-0.25, -0.2) is 0 Å². The molecule has 29 heavy (non-hydrogen) atoms. The van der Waals surface area contributed by atoms with Crippen molar-refractivity contribution in [1.82, 2.24) is 4.98 Å². The molecule has 4 nitrogen and oxygen atoms in total. The van der Waals surface area contributed by atoms with Gasteiger partial charge in [0.15, 0.2) is 0 Å². The van der Waals surface area contributed by atoms with Gasteiger partial charge in [0.2, 0.25) is 0 Å². The average molecular weight is 389 g/mol. The number of methoxy groups -OCH3 is 1. The number of carbonyl (C=O) groups excluding carboxylic acids is 1. The summed E-state index contributed by atoms with van der Waals surface area (Å²) in [4.78, 5) is 15.8. The van der Waals surface area contributed by atoms with Crippen LogP contribution in [-0.4, -0.2) is 24.2 Å². The summed E-state index contributed by atoms with van der Waals surface area (Å²) in [6, 6.07) is 14.7. The predicted molar refractivity (Wildman–Crippen MR) is 115 cm³/mol. The molecule has 0 atom stereocenters. The number of hydrogen-bond acceptors (Lipinski definition) is 4. The van der Waals surface area contributed by atoms with Gasteiger partial charge in [-0.3, -0.25) is 9.78 Å². The Hall–Kier alpha value is -2.88. The van der Waals surface area contributed by atoms with Crippen molar-refractivity contribution < 1.29 is 14.3 Å². The Morgan fingerprint density at radius 1 is 1.03 bits per heavy atom. The molecule has 1 heterocycles. The molecule has 4 heteroatoms. The maximum atomic E-state index is 11.6. The first-order valence-corrected chi connectivity index (χ1v) is 10.4. The summed E-state index contributed by atoms with van der Waals surface area (Å²) >= 11 is 0. The molecule has 4 rings (SSSR count). The van der Waals surface area contributed by atoms with Crippen LogP contribution in [0.3, 0.4) is 0 Å². The van der Waals surface area contributed by atoms with Crippen molar-refractivity contribution in [3.8, 4) is 16.9 Å². The zero-order chi connectivity index (χ0) is 20.1. The predicted octanol–water partition coefficient (Wildman–Crippen LogP) is 5.72. The summed E-state index contributed by atoms with van der Waals surface area (Å²) in [5, 5.41) is 2.27. The van der Waals surface area contributed by atoms with Gasteiger partial charge in [0.05, 0.1) is 13.2 Å². The number of ether oxygens (including phenoxy) is 2. The molecule has 1 aliphatic carbocycles. The number of benzene rings is 2. The molecule has 1 fully saturated rings. The minimum atomic E-state index is -0.188. The van der Waals surface area contributed by atoms with E-state index >= 15 is 0 Å². The Labute approximate surface area is 171 Å². The monoisotopic (exact) mass is 389 g/mol. The van der Waals surface area contributed by atoms with Crippen LogP contribution in [0.2, 0.25) is 0 Å². The van der Waals surface area contributed by atoms with Gasteiger partial charge in [-0.1, -0.05) is 24.6 Å². The number of hydrogen-bond donors (Lipinski definition) is 0. The van der Waals surface area contributed by atoms with Gasteiger partial charge < -0.3 is 9.47 Å². The molecule has 0 aliphatic heterocycles. The molecule has 1 saturated carbocycles. The normalized spacial score (nSPS) is 14.7. The van der Waals surface area contributed by atoms with Crippen molar-refractivity contribution >= 4 is 16.7 Å². The van der Waals surface area contributed by atoms with Crippen molar-refractivity contribution in [1.29, 1.82) is 0 Å². The molecule has 0 bridgehead atoms. The fourth-order valence-corrected chi connectivity index (χ4v) is 4.02. The minimum absolute atomic E-state index is 0.188. The van der Waals surface area contributed by atoms with Crippen molar-refractivity contribution in [2.45, 2.75) is 51.0 Å². The lowest BCUT2D eigenvalue weighted by atomic mass is 9.96. The standard InChI is InChI=1S/C25H27NO3/c1-28-25(27)12-8-18-7-11-24(29-22-5-3-2-4-6-22)23(15-18)20-9-10-21-17-26-14-13-19(21)16-20/h7,9-11,13-17,22H,2-6,8,12H2,1H3. The van der Waals surface area contributed by atoms with Crippen LogP contribution in [0.1, 0.15) is 44.1 Å². The molecular weight excluding hydrogens is 362 g/mol. The van der Waals surface area contributed by atoms with Crippen LogP contribution in [0.15, 0.2) is 54.9 Å². The molecule has 0 radical (unpaired) electrons. The largest absolute Gasteiger partial charge is 0.490 e. The van der Waals surface area contributed by atoms with E-state index in [-0.39, 0.29) is 12.1 Å². The summed E-state index contributed by atoms with van der Waals surface area (Å²) in [7, 11) is 1.43. The van der Waals surface area contributed by atoms with E-state index in [0.29, 0.717) is 12.8 Å². The first-order valence-electron chi connectivity index (χ1n) is 10.4. The molecule has 1 aromatic heterocycles. The lowest BCUT2D eigenvalue weighted by Crippen LogP contribution is -2.20. The molecule has 0 spiro atoms. The van der Waals surface area contributed by atoms with Gasteiger partial charge in [-0.15, -0.1) is 0 Å². The van der Waals surface area contributed by atoms with E-state index in [1.54, 1.807) is 0 Å². The van der Waals surface area contributed by atoms with E-state index in [1.807, 2.05) is 18.5 Å². The molecule has 0 saturated heterocycles. The van der Waals surface area contributed by atoms with Crippen LogP contribution < -0.4 is 4.74 Å². The van der Waals surface area contributed by atoms with Gasteiger partial charge >= 0.3 is 5.97 Å². The van der Waals surface area contributed by atoms with E-state index in [1.165, 1.54) is 26.4 Å². The molecule has 2 aromatic carbocycles. The number of esters is 1. The van der Waals surface area contributed by atoms with Crippen molar-refractivity contribution in [2.75, 3.05) is 7.11 Å². The highest BCUT2D eigenvalue weighted by Gasteiger charge is 2.18. The summed E-state index contributed by atoms with van der Waals surface area (Å²) in [6.07, 6.45) is 11.0. The van der Waals surface area contributed by atoms with Crippen molar-refractivity contribution in [3.05, 3.63) is 60.4 Å². The van der Waals surface area contributed by atoms with Crippen LogP contribution >= 0.6 is 0 Å². The van der Waals surface area contributed by atoms with E-state index in [0.717, 1.165) is 46.1 Å². The summed E-state index contributed by atoms with van der Waals surface area (Å²) in [6.45, 7) is 0. The number of nitrogens with zero attached hydrogens (tertiary/aromatic N) is 1. The smallest absolute Gasteiger partial charge is 0.305 e. The molecule has 0 amide bonds. The number of pyridine rings is 1. The Balaban J connectivity index is 1.68. The third kappa shape index (κ3) is 4.76. The second-order valence-electron chi connectivity index (χ2n) is 7.72. The number of carbonyl (C=O) groups is 1. The van der Waals surface area contributed by atoms with Crippen LogP contribution in [0, 0.1) is 0 Å². The lowest BCUT2D eigenvalue weighted by molar-refractivity contribution is -0.140. The van der Waals surface area contributed by atoms with E-state index in [2.05, 4.69) is 41.4 Å². The molecule has 0 N–H and O–H groups in total. The highest BCUT2D eigenvalue weighted by atomic mass is 16.5. The molecule has 1 aliphatic rings. The van der Waals surface area contributed by atoms with Crippen LogP contribution in [-0.2, 0) is 16.0 Å². The second-order valence-corrected chi connectivity index (χ2v) is 7.72. The molecule has 0 unspecified atom stereocenters. The fraction of sp³-hybridized carbons (Fsp3) is 0.360. The van der Waals surface area contributed by atoms with Crippen LogP contribution in [0.5, 0.6) is 5.75 Å². The van der Waals surface area contributed by atoms with Gasteiger partial charge in [0, 0.05) is 29.8 Å². The summed E-state index contributed by atoms with van der Waals surface area (Å²) in [5.74, 6) is 0.736. The Morgan fingerprint density at radius 3 is 2.72 bits per heavy atom. The Bertz CT molecular complexity index is 992. The van der Waals surface area contributed by atoms with Gasteiger partial charge in [0.25, 0.3) is 0 Å². The van der Waals surface area contributed by atoms with Gasteiger partial charge in [0.1, 0.15) is 5.75 Å². The van der Waals surface area contributed by atoms with Crippen LogP contribution in [0.4, 0.5) is 0 Å². The zero-order valence-corrected chi connectivity index (χ0v) is 16.9. The second kappa shape index (κ2) is 9.08. The molecule has 150 valence electrons. The van der Waals surface area contributed by atoms with Crippen molar-refractivity contribution in [3.63, 3.8) is 0 Å². The lowest BCUT2D eigenvalue weighted by Gasteiger charge is -2.25. The van der Waals surface area contributed by atoms with Gasteiger partial charge in [-0.05, 0) is 72.9 Å². The SMILES string of the molecule is COC(=O)CCc1ccc(OC2CCCCC2)c(-c2ccc3cnccc3c2)c1. The van der Waals surface area contributed by atoms with Crippen LogP contribution in [0.25, 0.3) is 21.9 Å². The Kier molecular flexibility index (Phi) is 6.09. The maximum Gasteiger partial charge on any atom is 0.305 e. The molecule has 3 aromatic rings. The van der Waals surface area contributed by atoms with Gasteiger partial charge in [-0.2, -0.15) is 0 Å². The number of aromatic nitrogens is 1.